The van der Waals surface area contributed by atoms with Gasteiger partial charge in [0.1, 0.15) is 0 Å². The van der Waals surface area contributed by atoms with Crippen molar-refractivity contribution in [3.05, 3.63) is 23.2 Å². The van der Waals surface area contributed by atoms with Crippen molar-refractivity contribution in [1.29, 1.82) is 0 Å². The zero-order valence-corrected chi connectivity index (χ0v) is 12.7. The molecule has 0 amide bonds. The van der Waals surface area contributed by atoms with Crippen LogP contribution in [-0.4, -0.2) is 20.1 Å². The predicted octanol–water partition coefficient (Wildman–Crippen LogP) is 4.79. The third kappa shape index (κ3) is 4.41. The van der Waals surface area contributed by atoms with Gasteiger partial charge < -0.3 is 10.2 Å². The fourth-order valence-corrected chi connectivity index (χ4v) is 2.53. The maximum atomic E-state index is 6.28. The zero-order valence-electron chi connectivity index (χ0n) is 12.0. The maximum Gasteiger partial charge on any atom is 0.0659 e. The number of rotatable bonds is 7. The Morgan fingerprint density at radius 3 is 2.22 bits per heavy atom. The molecule has 0 radical (unpaired) electrons. The Kier molecular flexibility index (Phi) is 6.34. The van der Waals surface area contributed by atoms with Crippen molar-refractivity contribution in [1.82, 2.24) is 0 Å². The van der Waals surface area contributed by atoms with Crippen LogP contribution in [-0.2, 0) is 0 Å². The lowest BCUT2D eigenvalue weighted by molar-refractivity contribution is 0.586. The summed E-state index contributed by atoms with van der Waals surface area (Å²) in [4.78, 5) is 2.03. The lowest BCUT2D eigenvalue weighted by Gasteiger charge is -2.20. The lowest BCUT2D eigenvalue weighted by Crippen LogP contribution is -2.19. The number of anilines is 2. The van der Waals surface area contributed by atoms with Gasteiger partial charge in [-0.2, -0.15) is 0 Å². The van der Waals surface area contributed by atoms with E-state index < -0.39 is 0 Å². The molecule has 0 unspecified atom stereocenters. The van der Waals surface area contributed by atoms with Gasteiger partial charge in [-0.15, -0.1) is 0 Å². The molecule has 1 aromatic carbocycles. The second-order valence-corrected chi connectivity index (χ2v) is 5.39. The van der Waals surface area contributed by atoms with Crippen LogP contribution < -0.4 is 10.2 Å². The first-order valence-electron chi connectivity index (χ1n) is 6.81. The minimum Gasteiger partial charge on any atom is -0.382 e. The summed E-state index contributed by atoms with van der Waals surface area (Å²) in [5.74, 6) is 0. The second kappa shape index (κ2) is 7.52. The van der Waals surface area contributed by atoms with E-state index in [0.29, 0.717) is 6.04 Å². The molecule has 0 aliphatic carbocycles. The molecular weight excluding hydrogens is 244 g/mol. The molecule has 0 aromatic heterocycles. The van der Waals surface area contributed by atoms with Gasteiger partial charge in [-0.25, -0.2) is 0 Å². The van der Waals surface area contributed by atoms with Crippen LogP contribution in [0.1, 0.15) is 39.5 Å². The highest BCUT2D eigenvalue weighted by molar-refractivity contribution is 6.33. The molecule has 0 aliphatic rings. The number of hydrogen-bond acceptors (Lipinski definition) is 2. The van der Waals surface area contributed by atoms with E-state index in [9.17, 15) is 0 Å². The summed E-state index contributed by atoms with van der Waals surface area (Å²) >= 11 is 6.28. The van der Waals surface area contributed by atoms with Gasteiger partial charge in [-0.3, -0.25) is 0 Å². The predicted molar refractivity (Wildman–Crippen MR) is 83.0 cm³/mol. The van der Waals surface area contributed by atoms with Crippen molar-refractivity contribution in [2.75, 3.05) is 24.3 Å². The average Bonchev–Trinajstić information content (AvgIpc) is 2.29. The van der Waals surface area contributed by atoms with Crippen LogP contribution >= 0.6 is 11.6 Å². The first-order valence-corrected chi connectivity index (χ1v) is 7.19. The second-order valence-electron chi connectivity index (χ2n) is 4.98. The van der Waals surface area contributed by atoms with Crippen molar-refractivity contribution < 1.29 is 0 Å². The largest absolute Gasteiger partial charge is 0.382 e. The molecule has 0 aliphatic heterocycles. The van der Waals surface area contributed by atoms with E-state index >= 15 is 0 Å². The van der Waals surface area contributed by atoms with Crippen molar-refractivity contribution in [2.45, 2.75) is 45.6 Å². The van der Waals surface area contributed by atoms with Crippen molar-refractivity contribution in [2.24, 2.45) is 0 Å². The smallest absolute Gasteiger partial charge is 0.0659 e. The molecule has 0 bridgehead atoms. The van der Waals surface area contributed by atoms with Crippen LogP contribution in [0, 0.1) is 0 Å². The molecule has 102 valence electrons. The van der Waals surface area contributed by atoms with Gasteiger partial charge in [0, 0.05) is 25.8 Å². The Hall–Kier alpha value is -0.890. The Balaban J connectivity index is 2.74. The van der Waals surface area contributed by atoms with E-state index in [1.165, 1.54) is 25.7 Å². The molecule has 3 heteroatoms. The van der Waals surface area contributed by atoms with Crippen molar-refractivity contribution in [3.63, 3.8) is 0 Å². The molecule has 1 aromatic rings. The van der Waals surface area contributed by atoms with E-state index in [-0.39, 0.29) is 0 Å². The van der Waals surface area contributed by atoms with Gasteiger partial charge in [0.15, 0.2) is 0 Å². The Morgan fingerprint density at radius 2 is 1.78 bits per heavy atom. The minimum atomic E-state index is 0.557. The van der Waals surface area contributed by atoms with E-state index in [0.717, 1.165) is 16.4 Å². The van der Waals surface area contributed by atoms with E-state index in [4.69, 9.17) is 11.6 Å². The molecule has 0 saturated carbocycles. The van der Waals surface area contributed by atoms with E-state index in [2.05, 4.69) is 31.3 Å². The average molecular weight is 269 g/mol. The maximum absolute atomic E-state index is 6.28. The summed E-state index contributed by atoms with van der Waals surface area (Å²) in [6.07, 6.45) is 4.84. The standard InChI is InChI=1S/C15H25ClN2/c1-5-7-12(8-6-2)17-13-9-10-15(18(3)4)14(16)11-13/h9-12,17H,5-8H2,1-4H3. The van der Waals surface area contributed by atoms with Crippen LogP contribution in [0.25, 0.3) is 0 Å². The fraction of sp³-hybridized carbons (Fsp3) is 0.600. The molecule has 0 saturated heterocycles. The Morgan fingerprint density at radius 1 is 1.17 bits per heavy atom. The summed E-state index contributed by atoms with van der Waals surface area (Å²) in [5, 5.41) is 4.39. The normalized spacial score (nSPS) is 10.8. The molecule has 1 N–H and O–H groups in total. The topological polar surface area (TPSA) is 15.3 Å². The third-order valence-corrected chi connectivity index (χ3v) is 3.38. The van der Waals surface area contributed by atoms with E-state index in [1.807, 2.05) is 25.1 Å². The zero-order chi connectivity index (χ0) is 13.5. The van der Waals surface area contributed by atoms with Crippen molar-refractivity contribution in [3.8, 4) is 0 Å². The lowest BCUT2D eigenvalue weighted by atomic mass is 10.1. The minimum absolute atomic E-state index is 0.557. The highest BCUT2D eigenvalue weighted by Gasteiger charge is 2.08. The molecule has 0 fully saturated rings. The van der Waals surface area contributed by atoms with Gasteiger partial charge in [0.2, 0.25) is 0 Å². The highest BCUT2D eigenvalue weighted by atomic mass is 35.5. The van der Waals surface area contributed by atoms with Gasteiger partial charge in [-0.1, -0.05) is 38.3 Å². The Labute approximate surface area is 116 Å². The van der Waals surface area contributed by atoms with Gasteiger partial charge in [0.25, 0.3) is 0 Å². The summed E-state index contributed by atoms with van der Waals surface area (Å²) in [6.45, 7) is 4.46. The first-order chi connectivity index (χ1) is 8.58. The third-order valence-electron chi connectivity index (χ3n) is 3.07. The van der Waals surface area contributed by atoms with Crippen molar-refractivity contribution >= 4 is 23.0 Å². The van der Waals surface area contributed by atoms with Gasteiger partial charge >= 0.3 is 0 Å². The molecule has 0 heterocycles. The Bertz CT molecular complexity index is 358. The van der Waals surface area contributed by atoms with Gasteiger partial charge in [0.05, 0.1) is 10.7 Å². The van der Waals surface area contributed by atoms with E-state index in [1.54, 1.807) is 0 Å². The highest BCUT2D eigenvalue weighted by Crippen LogP contribution is 2.28. The summed E-state index contributed by atoms with van der Waals surface area (Å²) in [6, 6.07) is 6.76. The van der Waals surface area contributed by atoms with Crippen LogP contribution in [0.4, 0.5) is 11.4 Å². The molecule has 0 spiro atoms. The molecule has 0 atom stereocenters. The molecule has 1 rings (SSSR count). The molecule has 2 nitrogen and oxygen atoms in total. The van der Waals surface area contributed by atoms with Crippen LogP contribution in [0.2, 0.25) is 5.02 Å². The fourth-order valence-electron chi connectivity index (χ4n) is 2.18. The molecular formula is C15H25ClN2. The van der Waals surface area contributed by atoms with Gasteiger partial charge in [-0.05, 0) is 31.0 Å². The number of halogens is 1. The summed E-state index contributed by atoms with van der Waals surface area (Å²) in [7, 11) is 4.01. The van der Waals surface area contributed by atoms with Crippen LogP contribution in [0.15, 0.2) is 18.2 Å². The first kappa shape index (κ1) is 15.2. The number of benzene rings is 1. The number of nitrogens with zero attached hydrogens (tertiary/aromatic N) is 1. The van der Waals surface area contributed by atoms with Crippen LogP contribution in [0.5, 0.6) is 0 Å². The SMILES string of the molecule is CCCC(CCC)Nc1ccc(N(C)C)c(Cl)c1. The quantitative estimate of drug-likeness (QED) is 0.765. The monoisotopic (exact) mass is 268 g/mol. The summed E-state index contributed by atoms with van der Waals surface area (Å²) < 4.78 is 0. The number of hydrogen-bond donors (Lipinski definition) is 1. The van der Waals surface area contributed by atoms with Crippen LogP contribution in [0.3, 0.4) is 0 Å². The summed E-state index contributed by atoms with van der Waals surface area (Å²) in [5.41, 5.74) is 2.18. The molecule has 18 heavy (non-hydrogen) atoms. The number of nitrogens with one attached hydrogen (secondary N) is 1.